The van der Waals surface area contributed by atoms with Gasteiger partial charge in [0.25, 0.3) is 0 Å². The Morgan fingerprint density at radius 2 is 2.04 bits per heavy atom. The van der Waals surface area contributed by atoms with Gasteiger partial charge in [0.05, 0.1) is 18.6 Å². The Morgan fingerprint density at radius 1 is 1.18 bits per heavy atom. The lowest BCUT2D eigenvalue weighted by molar-refractivity contribution is -0.131. The maximum absolute atomic E-state index is 12.7. The summed E-state index contributed by atoms with van der Waals surface area (Å²) < 4.78 is 7.56. The minimum atomic E-state index is 0.172. The van der Waals surface area contributed by atoms with Crippen LogP contribution in [-0.4, -0.2) is 43.9 Å². The van der Waals surface area contributed by atoms with E-state index in [1.807, 2.05) is 39.8 Å². The molecule has 0 radical (unpaired) electrons. The number of hydrogen-bond donors (Lipinski definition) is 0. The van der Waals surface area contributed by atoms with Crippen molar-refractivity contribution in [2.24, 2.45) is 0 Å². The first-order valence-electron chi connectivity index (χ1n) is 9.65. The Balaban J connectivity index is 1.54. The molecule has 4 rings (SSSR count). The molecule has 0 spiro atoms. The lowest BCUT2D eigenvalue weighted by Gasteiger charge is -2.33. The molecule has 1 unspecified atom stereocenters. The molecule has 0 saturated carbocycles. The molecular weight excluding hydrogens is 372 g/mol. The fraction of sp³-hybridized carbons (Fsp3) is 0.381. The third-order valence-corrected chi connectivity index (χ3v) is 6.04. The summed E-state index contributed by atoms with van der Waals surface area (Å²) in [7, 11) is 0. The van der Waals surface area contributed by atoms with Crippen molar-refractivity contribution in [1.29, 1.82) is 0 Å². The zero-order valence-electron chi connectivity index (χ0n) is 16.0. The Labute approximate surface area is 168 Å². The second-order valence-corrected chi connectivity index (χ2v) is 8.02. The number of nitrogens with zero attached hydrogens (tertiary/aromatic N) is 4. The van der Waals surface area contributed by atoms with Gasteiger partial charge in [-0.2, -0.15) is 0 Å². The molecule has 146 valence electrons. The Morgan fingerprint density at radius 3 is 2.79 bits per heavy atom. The fourth-order valence-corrected chi connectivity index (χ4v) is 4.39. The van der Waals surface area contributed by atoms with Crippen molar-refractivity contribution in [2.45, 2.75) is 43.9 Å². The molecule has 1 aliphatic rings. The second kappa shape index (κ2) is 8.65. The van der Waals surface area contributed by atoms with Crippen molar-refractivity contribution >= 4 is 17.7 Å². The van der Waals surface area contributed by atoms with E-state index in [4.69, 9.17) is 4.42 Å². The van der Waals surface area contributed by atoms with Gasteiger partial charge in [-0.15, -0.1) is 10.2 Å². The van der Waals surface area contributed by atoms with Crippen LogP contribution in [0.1, 0.15) is 31.7 Å². The summed E-state index contributed by atoms with van der Waals surface area (Å²) in [5, 5.41) is 9.41. The molecule has 1 fully saturated rings. The van der Waals surface area contributed by atoms with Crippen molar-refractivity contribution in [3.05, 3.63) is 54.3 Å². The van der Waals surface area contributed by atoms with Gasteiger partial charge >= 0.3 is 0 Å². The van der Waals surface area contributed by atoms with E-state index in [2.05, 4.69) is 29.3 Å². The van der Waals surface area contributed by atoms with E-state index >= 15 is 0 Å². The highest BCUT2D eigenvalue weighted by Crippen LogP contribution is 2.26. The number of thioether (sulfide) groups is 1. The SMILES string of the molecule is CC1CCCCN1C(=O)CSc1nnc(-c2ccco2)n1Cc1ccccc1. The predicted octanol–water partition coefficient (Wildman–Crippen LogP) is 4.08. The molecule has 0 aliphatic carbocycles. The smallest absolute Gasteiger partial charge is 0.233 e. The average Bonchev–Trinajstić information content (AvgIpc) is 3.37. The van der Waals surface area contributed by atoms with Gasteiger partial charge in [-0.3, -0.25) is 9.36 Å². The molecule has 7 heteroatoms. The maximum Gasteiger partial charge on any atom is 0.233 e. The maximum atomic E-state index is 12.7. The zero-order chi connectivity index (χ0) is 19.3. The molecule has 28 heavy (non-hydrogen) atoms. The molecule has 2 aromatic heterocycles. The molecule has 6 nitrogen and oxygen atoms in total. The van der Waals surface area contributed by atoms with Crippen molar-refractivity contribution in [3.63, 3.8) is 0 Å². The number of piperidine rings is 1. The van der Waals surface area contributed by atoms with E-state index in [-0.39, 0.29) is 5.91 Å². The highest BCUT2D eigenvalue weighted by atomic mass is 32.2. The summed E-state index contributed by atoms with van der Waals surface area (Å²) in [6.45, 7) is 3.62. The van der Waals surface area contributed by atoms with Gasteiger partial charge in [-0.05, 0) is 43.9 Å². The minimum Gasteiger partial charge on any atom is -0.461 e. The molecule has 1 saturated heterocycles. The summed E-state index contributed by atoms with van der Waals surface area (Å²) in [5.74, 6) is 1.89. The highest BCUT2D eigenvalue weighted by Gasteiger charge is 2.24. The summed E-state index contributed by atoms with van der Waals surface area (Å²) in [6.07, 6.45) is 5.01. The monoisotopic (exact) mass is 396 g/mol. The van der Waals surface area contributed by atoms with Gasteiger partial charge in [0.2, 0.25) is 11.7 Å². The number of likely N-dealkylation sites (tertiary alicyclic amines) is 1. The van der Waals surface area contributed by atoms with Gasteiger partial charge in [0.15, 0.2) is 10.9 Å². The van der Waals surface area contributed by atoms with Crippen LogP contribution in [0.5, 0.6) is 0 Å². The third-order valence-electron chi connectivity index (χ3n) is 5.09. The summed E-state index contributed by atoms with van der Waals surface area (Å²) in [4.78, 5) is 14.7. The largest absolute Gasteiger partial charge is 0.461 e. The normalized spacial score (nSPS) is 17.0. The number of carbonyl (C=O) groups excluding carboxylic acids is 1. The van der Waals surface area contributed by atoms with Gasteiger partial charge < -0.3 is 9.32 Å². The van der Waals surface area contributed by atoms with E-state index in [9.17, 15) is 4.79 Å². The number of amides is 1. The molecule has 1 atom stereocenters. The number of rotatable bonds is 6. The van der Waals surface area contributed by atoms with Crippen LogP contribution in [0.15, 0.2) is 58.3 Å². The molecule has 1 amide bonds. The minimum absolute atomic E-state index is 0.172. The van der Waals surface area contributed by atoms with Gasteiger partial charge in [-0.1, -0.05) is 42.1 Å². The molecule has 0 N–H and O–H groups in total. The van der Waals surface area contributed by atoms with Gasteiger partial charge in [-0.25, -0.2) is 0 Å². The van der Waals surface area contributed by atoms with E-state index in [0.29, 0.717) is 29.9 Å². The van der Waals surface area contributed by atoms with Crippen LogP contribution in [0.4, 0.5) is 0 Å². The van der Waals surface area contributed by atoms with Crippen LogP contribution >= 0.6 is 11.8 Å². The van der Waals surface area contributed by atoms with E-state index in [1.165, 1.54) is 18.2 Å². The fourth-order valence-electron chi connectivity index (χ4n) is 3.57. The van der Waals surface area contributed by atoms with Crippen LogP contribution in [0.2, 0.25) is 0 Å². The third kappa shape index (κ3) is 4.14. The molecule has 0 bridgehead atoms. The number of furan rings is 1. The molecule has 1 aromatic carbocycles. The predicted molar refractivity (Wildman–Crippen MR) is 109 cm³/mol. The van der Waals surface area contributed by atoms with Crippen molar-refractivity contribution in [2.75, 3.05) is 12.3 Å². The summed E-state index contributed by atoms with van der Waals surface area (Å²) in [5.41, 5.74) is 1.15. The van der Waals surface area contributed by atoms with Gasteiger partial charge in [0, 0.05) is 12.6 Å². The van der Waals surface area contributed by atoms with E-state index in [1.54, 1.807) is 6.26 Å². The highest BCUT2D eigenvalue weighted by molar-refractivity contribution is 7.99. The molecular formula is C21H24N4O2S. The van der Waals surface area contributed by atoms with Crippen LogP contribution in [0.25, 0.3) is 11.6 Å². The lowest BCUT2D eigenvalue weighted by atomic mass is 10.0. The average molecular weight is 397 g/mol. The van der Waals surface area contributed by atoms with Crippen LogP contribution < -0.4 is 0 Å². The first-order valence-corrected chi connectivity index (χ1v) is 10.6. The molecule has 3 aromatic rings. The number of benzene rings is 1. The van der Waals surface area contributed by atoms with Crippen molar-refractivity contribution in [3.8, 4) is 11.6 Å². The standard InChI is InChI=1S/C21H24N4O2S/c1-16-8-5-6-12-24(16)19(26)15-28-21-23-22-20(18-11-7-13-27-18)25(21)14-17-9-3-2-4-10-17/h2-4,7,9-11,13,16H,5-6,8,12,14-15H2,1H3. The van der Waals surface area contributed by atoms with Crippen LogP contribution in [0, 0.1) is 0 Å². The second-order valence-electron chi connectivity index (χ2n) is 7.08. The molecule has 1 aliphatic heterocycles. The quantitative estimate of drug-likeness (QED) is 0.588. The Bertz CT molecular complexity index is 908. The number of aromatic nitrogens is 3. The van der Waals surface area contributed by atoms with E-state index in [0.717, 1.165) is 30.1 Å². The van der Waals surface area contributed by atoms with Crippen molar-refractivity contribution < 1.29 is 9.21 Å². The number of hydrogen-bond acceptors (Lipinski definition) is 5. The Hall–Kier alpha value is -2.54. The molecule has 3 heterocycles. The first-order chi connectivity index (χ1) is 13.7. The van der Waals surface area contributed by atoms with Crippen LogP contribution in [-0.2, 0) is 11.3 Å². The van der Waals surface area contributed by atoms with E-state index < -0.39 is 0 Å². The van der Waals surface area contributed by atoms with Crippen molar-refractivity contribution in [1.82, 2.24) is 19.7 Å². The lowest BCUT2D eigenvalue weighted by Crippen LogP contribution is -2.43. The Kier molecular flexibility index (Phi) is 5.81. The topological polar surface area (TPSA) is 64.2 Å². The summed E-state index contributed by atoms with van der Waals surface area (Å²) >= 11 is 1.44. The van der Waals surface area contributed by atoms with Gasteiger partial charge in [0.1, 0.15) is 0 Å². The summed E-state index contributed by atoms with van der Waals surface area (Å²) in [6, 6.07) is 14.2. The number of carbonyl (C=O) groups is 1. The van der Waals surface area contributed by atoms with Crippen LogP contribution in [0.3, 0.4) is 0 Å². The zero-order valence-corrected chi connectivity index (χ0v) is 16.8. The first kappa shape index (κ1) is 18.8.